The molecule has 4 saturated carbocycles. The smallest absolute Gasteiger partial charge is 0.230 e. The lowest BCUT2D eigenvalue weighted by molar-refractivity contribution is -0.115. The van der Waals surface area contributed by atoms with E-state index in [1.165, 1.54) is 44.2 Å². The zero-order valence-corrected chi connectivity index (χ0v) is 17.8. The molecule has 0 spiro atoms. The topological polar surface area (TPSA) is 59.8 Å². The van der Waals surface area contributed by atoms with Crippen molar-refractivity contribution < 1.29 is 4.79 Å². The third kappa shape index (κ3) is 3.27. The van der Waals surface area contributed by atoms with Crippen LogP contribution in [0.2, 0.25) is 0 Å². The van der Waals surface area contributed by atoms with Crippen LogP contribution in [0.25, 0.3) is 5.69 Å². The van der Waals surface area contributed by atoms with E-state index in [9.17, 15) is 4.79 Å². The van der Waals surface area contributed by atoms with Crippen LogP contribution in [-0.4, -0.2) is 20.7 Å². The molecule has 0 radical (unpaired) electrons. The first kappa shape index (κ1) is 18.3. The summed E-state index contributed by atoms with van der Waals surface area (Å²) in [4.78, 5) is 17.5. The summed E-state index contributed by atoms with van der Waals surface area (Å²) in [6.07, 6.45) is 12.2. The largest absolute Gasteiger partial charge is 0.302 e. The Labute approximate surface area is 180 Å². The van der Waals surface area contributed by atoms with Crippen LogP contribution in [0, 0.1) is 17.8 Å². The third-order valence-electron chi connectivity index (χ3n) is 7.35. The van der Waals surface area contributed by atoms with Crippen LogP contribution in [0.3, 0.4) is 0 Å². The average molecular weight is 419 g/mol. The molecule has 6 heteroatoms. The molecule has 1 N–H and O–H groups in total. The Morgan fingerprint density at radius 2 is 1.80 bits per heavy atom. The van der Waals surface area contributed by atoms with Crippen LogP contribution in [0.5, 0.6) is 0 Å². The molecule has 4 aliphatic carbocycles. The zero-order chi connectivity index (χ0) is 20.1. The highest BCUT2D eigenvalue weighted by Gasteiger charge is 2.52. The van der Waals surface area contributed by atoms with Gasteiger partial charge in [-0.05, 0) is 74.0 Å². The van der Waals surface area contributed by atoms with Crippen molar-refractivity contribution in [3.63, 3.8) is 0 Å². The van der Waals surface area contributed by atoms with Crippen molar-refractivity contribution >= 4 is 22.4 Å². The Bertz CT molecular complexity index is 1030. The molecule has 0 unspecified atom stereocenters. The van der Waals surface area contributed by atoms with Gasteiger partial charge < -0.3 is 5.32 Å². The van der Waals surface area contributed by atoms with Crippen molar-refractivity contribution in [3.05, 3.63) is 59.4 Å². The van der Waals surface area contributed by atoms with Crippen molar-refractivity contribution in [1.29, 1.82) is 0 Å². The number of thiazole rings is 1. The van der Waals surface area contributed by atoms with Gasteiger partial charge in [0, 0.05) is 17.0 Å². The minimum absolute atomic E-state index is 0.0333. The molecule has 3 aromatic rings. The molecule has 4 fully saturated rings. The van der Waals surface area contributed by atoms with Gasteiger partial charge in [0.2, 0.25) is 5.91 Å². The van der Waals surface area contributed by atoms with Crippen LogP contribution < -0.4 is 5.32 Å². The molecule has 5 nitrogen and oxygen atoms in total. The first-order valence-electron chi connectivity index (χ1n) is 11.0. The van der Waals surface area contributed by atoms with Gasteiger partial charge in [-0.3, -0.25) is 4.79 Å². The van der Waals surface area contributed by atoms with Crippen molar-refractivity contribution in [1.82, 2.24) is 14.8 Å². The number of hydrogen-bond donors (Lipinski definition) is 1. The minimum Gasteiger partial charge on any atom is -0.302 e. The summed E-state index contributed by atoms with van der Waals surface area (Å²) >= 11 is 1.58. The Hall–Kier alpha value is -2.47. The number of anilines is 1. The van der Waals surface area contributed by atoms with Gasteiger partial charge in [0.15, 0.2) is 5.13 Å². The number of carbonyl (C=O) groups excluding carboxylic acids is 1. The quantitative estimate of drug-likeness (QED) is 0.636. The summed E-state index contributed by atoms with van der Waals surface area (Å²) in [7, 11) is 0. The Morgan fingerprint density at radius 3 is 2.50 bits per heavy atom. The molecule has 0 aliphatic heterocycles. The summed E-state index contributed by atoms with van der Waals surface area (Å²) in [5, 5.41) is 10.3. The highest BCUT2D eigenvalue weighted by Crippen LogP contribution is 2.60. The number of nitrogens with zero attached hydrogens (tertiary/aromatic N) is 3. The fourth-order valence-electron chi connectivity index (χ4n) is 6.52. The number of para-hydroxylation sites is 1. The molecule has 2 aromatic heterocycles. The van der Waals surface area contributed by atoms with Gasteiger partial charge in [0.1, 0.15) is 0 Å². The molecule has 2 heterocycles. The lowest BCUT2D eigenvalue weighted by Crippen LogP contribution is -2.48. The van der Waals surface area contributed by atoms with Gasteiger partial charge in [-0.2, -0.15) is 5.10 Å². The van der Waals surface area contributed by atoms with E-state index < -0.39 is 0 Å². The lowest BCUT2D eigenvalue weighted by Gasteiger charge is -2.56. The Balaban J connectivity index is 1.13. The number of amides is 1. The van der Waals surface area contributed by atoms with Gasteiger partial charge in [-0.15, -0.1) is 11.3 Å². The summed E-state index contributed by atoms with van der Waals surface area (Å²) < 4.78 is 1.80. The number of rotatable bonds is 5. The molecule has 1 aromatic carbocycles. The normalized spacial score (nSPS) is 29.3. The Morgan fingerprint density at radius 1 is 1.10 bits per heavy atom. The first-order valence-corrected chi connectivity index (χ1v) is 11.9. The maximum absolute atomic E-state index is 12.6. The van der Waals surface area contributed by atoms with E-state index in [0.29, 0.717) is 6.42 Å². The minimum atomic E-state index is -0.0333. The fraction of sp³-hybridized carbons (Fsp3) is 0.458. The van der Waals surface area contributed by atoms with Crippen LogP contribution in [-0.2, 0) is 16.6 Å². The highest BCUT2D eigenvalue weighted by atomic mass is 32.1. The van der Waals surface area contributed by atoms with Gasteiger partial charge >= 0.3 is 0 Å². The molecule has 0 atom stereocenters. The zero-order valence-electron chi connectivity index (χ0n) is 17.0. The number of carbonyl (C=O) groups is 1. The average Bonchev–Trinajstić information content (AvgIpc) is 3.38. The lowest BCUT2D eigenvalue weighted by atomic mass is 9.49. The SMILES string of the molecule is O=C(Cc1cnn(-c2ccccc2)c1)Nc1nc(C23CC4CC(CC(C4)C2)C3)cs1. The van der Waals surface area contributed by atoms with E-state index in [0.717, 1.165) is 34.1 Å². The maximum Gasteiger partial charge on any atom is 0.230 e. The second kappa shape index (κ2) is 7.05. The number of aromatic nitrogens is 3. The summed E-state index contributed by atoms with van der Waals surface area (Å²) in [5.41, 5.74) is 3.41. The van der Waals surface area contributed by atoms with Crippen molar-refractivity contribution in [2.24, 2.45) is 17.8 Å². The van der Waals surface area contributed by atoms with Gasteiger partial charge in [-0.25, -0.2) is 9.67 Å². The number of nitrogens with one attached hydrogen (secondary N) is 1. The van der Waals surface area contributed by atoms with E-state index >= 15 is 0 Å². The predicted octanol–water partition coefficient (Wildman–Crippen LogP) is 4.98. The highest BCUT2D eigenvalue weighted by molar-refractivity contribution is 7.13. The van der Waals surface area contributed by atoms with Gasteiger partial charge in [0.05, 0.1) is 24.0 Å². The van der Waals surface area contributed by atoms with Gasteiger partial charge in [-0.1, -0.05) is 18.2 Å². The fourth-order valence-corrected chi connectivity index (χ4v) is 7.37. The Kier molecular flexibility index (Phi) is 4.30. The van der Waals surface area contributed by atoms with Crippen LogP contribution in [0.15, 0.2) is 48.1 Å². The summed E-state index contributed by atoms with van der Waals surface area (Å²) in [6, 6.07) is 9.93. The van der Waals surface area contributed by atoms with E-state index in [1.807, 2.05) is 36.5 Å². The molecule has 0 saturated heterocycles. The van der Waals surface area contributed by atoms with Crippen LogP contribution >= 0.6 is 11.3 Å². The van der Waals surface area contributed by atoms with Crippen molar-refractivity contribution in [2.45, 2.75) is 50.4 Å². The molecule has 4 bridgehead atoms. The predicted molar refractivity (Wildman–Crippen MR) is 118 cm³/mol. The maximum atomic E-state index is 12.6. The molecule has 1 amide bonds. The summed E-state index contributed by atoms with van der Waals surface area (Å²) in [6.45, 7) is 0. The standard InChI is InChI=1S/C24H26N4OS/c29-22(9-19-13-25-28(14-19)20-4-2-1-3-5-20)27-23-26-21(15-30-23)24-10-16-6-17(11-24)8-18(7-16)12-24/h1-5,13-18H,6-12H2,(H,26,27,29). The van der Waals surface area contributed by atoms with Crippen LogP contribution in [0.1, 0.15) is 49.8 Å². The molecular formula is C24H26N4OS. The molecule has 4 aliphatic rings. The summed E-state index contributed by atoms with van der Waals surface area (Å²) in [5.74, 6) is 2.67. The van der Waals surface area contributed by atoms with Gasteiger partial charge in [0.25, 0.3) is 0 Å². The van der Waals surface area contributed by atoms with E-state index in [-0.39, 0.29) is 11.3 Å². The van der Waals surface area contributed by atoms with E-state index in [4.69, 9.17) is 4.98 Å². The first-order chi connectivity index (χ1) is 14.6. The van der Waals surface area contributed by atoms with Crippen molar-refractivity contribution in [3.8, 4) is 5.69 Å². The third-order valence-corrected chi connectivity index (χ3v) is 8.11. The molecule has 7 rings (SSSR count). The second-order valence-corrected chi connectivity index (χ2v) is 10.4. The molecule has 154 valence electrons. The number of benzene rings is 1. The molecular weight excluding hydrogens is 392 g/mol. The van der Waals surface area contributed by atoms with Crippen LogP contribution in [0.4, 0.5) is 5.13 Å². The number of hydrogen-bond acceptors (Lipinski definition) is 4. The van der Waals surface area contributed by atoms with E-state index in [2.05, 4.69) is 15.8 Å². The second-order valence-electron chi connectivity index (χ2n) is 9.59. The molecule has 30 heavy (non-hydrogen) atoms. The van der Waals surface area contributed by atoms with E-state index in [1.54, 1.807) is 22.2 Å². The monoisotopic (exact) mass is 418 g/mol. The van der Waals surface area contributed by atoms with Crippen molar-refractivity contribution in [2.75, 3.05) is 5.32 Å².